The van der Waals surface area contributed by atoms with Gasteiger partial charge in [0.15, 0.2) is 0 Å². The largest absolute Gasteiger partial charge is 0.339 e. The second-order valence-electron chi connectivity index (χ2n) is 7.75. The minimum absolute atomic E-state index is 0.0276. The Balaban J connectivity index is 1.48. The highest BCUT2D eigenvalue weighted by Crippen LogP contribution is 2.41. The lowest BCUT2D eigenvalue weighted by Crippen LogP contribution is -2.44. The highest BCUT2D eigenvalue weighted by Gasteiger charge is 2.43. The minimum atomic E-state index is -3.13. The number of hydrogen-bond donors (Lipinski definition) is 0. The number of nitrogens with zero attached hydrogens (tertiary/aromatic N) is 3. The molecule has 4 rings (SSSR count). The Kier molecular flexibility index (Phi) is 4.60. The van der Waals surface area contributed by atoms with E-state index in [4.69, 9.17) is 0 Å². The van der Waals surface area contributed by atoms with E-state index in [1.807, 2.05) is 58.3 Å². The molecule has 0 atom stereocenters. The first kappa shape index (κ1) is 18.3. The fourth-order valence-corrected chi connectivity index (χ4v) is 5.25. The van der Waals surface area contributed by atoms with Crippen LogP contribution in [-0.2, 0) is 10.0 Å². The van der Waals surface area contributed by atoms with Crippen molar-refractivity contribution in [2.45, 2.75) is 19.3 Å². The molecule has 27 heavy (non-hydrogen) atoms. The van der Waals surface area contributed by atoms with Crippen LogP contribution in [0.1, 0.15) is 29.6 Å². The van der Waals surface area contributed by atoms with Gasteiger partial charge in [0, 0.05) is 38.6 Å². The van der Waals surface area contributed by atoms with Crippen LogP contribution in [0.4, 0.5) is 0 Å². The Hall–Kier alpha value is -2.12. The van der Waals surface area contributed by atoms with Gasteiger partial charge in [-0.15, -0.1) is 0 Å². The van der Waals surface area contributed by atoms with Gasteiger partial charge >= 0.3 is 0 Å². The molecule has 1 aromatic heterocycles. The summed E-state index contributed by atoms with van der Waals surface area (Å²) >= 11 is 0. The van der Waals surface area contributed by atoms with Gasteiger partial charge in [-0.1, -0.05) is 12.1 Å². The fraction of sp³-hybridized carbons (Fsp3) is 0.450. The van der Waals surface area contributed by atoms with Crippen LogP contribution >= 0.6 is 0 Å². The summed E-state index contributed by atoms with van der Waals surface area (Å²) < 4.78 is 27.2. The van der Waals surface area contributed by atoms with Crippen molar-refractivity contribution in [3.8, 4) is 5.69 Å². The summed E-state index contributed by atoms with van der Waals surface area (Å²) in [6.45, 7) is 2.55. The molecule has 2 aromatic rings. The van der Waals surface area contributed by atoms with E-state index < -0.39 is 10.0 Å². The van der Waals surface area contributed by atoms with Crippen molar-refractivity contribution < 1.29 is 13.2 Å². The van der Waals surface area contributed by atoms with E-state index >= 15 is 0 Å². The molecule has 0 aliphatic carbocycles. The second-order valence-corrected chi connectivity index (χ2v) is 9.73. The van der Waals surface area contributed by atoms with Crippen LogP contribution in [0, 0.1) is 5.41 Å². The molecule has 0 N–H and O–H groups in total. The quantitative estimate of drug-likeness (QED) is 0.812. The summed E-state index contributed by atoms with van der Waals surface area (Å²) in [4.78, 5) is 15.1. The molecular formula is C20H25N3O3S. The van der Waals surface area contributed by atoms with Crippen molar-refractivity contribution in [1.82, 2.24) is 13.8 Å². The topological polar surface area (TPSA) is 62.6 Å². The Morgan fingerprint density at radius 1 is 0.963 bits per heavy atom. The average Bonchev–Trinajstić information content (AvgIpc) is 3.32. The van der Waals surface area contributed by atoms with Crippen LogP contribution in [0.3, 0.4) is 0 Å². The van der Waals surface area contributed by atoms with E-state index in [9.17, 15) is 13.2 Å². The summed E-state index contributed by atoms with van der Waals surface area (Å²) in [5.41, 5.74) is 1.62. The Morgan fingerprint density at radius 3 is 2.22 bits per heavy atom. The molecule has 1 amide bonds. The average molecular weight is 388 g/mol. The van der Waals surface area contributed by atoms with Crippen LogP contribution in [0.25, 0.3) is 5.69 Å². The molecule has 0 radical (unpaired) electrons. The molecule has 2 aliphatic rings. The molecule has 3 heterocycles. The number of rotatable bonds is 3. The smallest absolute Gasteiger partial charge is 0.255 e. The van der Waals surface area contributed by atoms with Gasteiger partial charge in [0.2, 0.25) is 10.0 Å². The number of aromatic nitrogens is 1. The Bertz CT molecular complexity index is 929. The standard InChI is InChI=1S/C20H25N3O3S/c1-27(25,26)23-15-10-20(16-23)8-13-22(14-9-20)19(24)17-6-2-3-7-18(17)21-11-4-5-12-21/h2-7,11-12H,8-10,13-16H2,1H3. The number of benzene rings is 1. The van der Waals surface area contributed by atoms with Gasteiger partial charge in [0.25, 0.3) is 5.91 Å². The number of sulfonamides is 1. The molecule has 1 aromatic carbocycles. The number of likely N-dealkylation sites (tertiary alicyclic amines) is 1. The maximum Gasteiger partial charge on any atom is 0.255 e. The van der Waals surface area contributed by atoms with Gasteiger partial charge in [-0.25, -0.2) is 12.7 Å². The van der Waals surface area contributed by atoms with Crippen molar-refractivity contribution in [3.05, 3.63) is 54.4 Å². The molecule has 6 nitrogen and oxygen atoms in total. The molecule has 0 bridgehead atoms. The minimum Gasteiger partial charge on any atom is -0.339 e. The highest BCUT2D eigenvalue weighted by molar-refractivity contribution is 7.88. The lowest BCUT2D eigenvalue weighted by molar-refractivity contribution is 0.0600. The van der Waals surface area contributed by atoms with Gasteiger partial charge in [-0.3, -0.25) is 4.79 Å². The van der Waals surface area contributed by atoms with E-state index in [1.165, 1.54) is 6.26 Å². The number of carbonyl (C=O) groups excluding carboxylic acids is 1. The number of amides is 1. The first-order valence-corrected chi connectivity index (χ1v) is 11.2. The summed E-state index contributed by atoms with van der Waals surface area (Å²) in [5, 5.41) is 0. The summed E-state index contributed by atoms with van der Waals surface area (Å²) in [7, 11) is -3.13. The van der Waals surface area contributed by atoms with Crippen LogP contribution in [0.15, 0.2) is 48.8 Å². The molecule has 2 fully saturated rings. The zero-order valence-corrected chi connectivity index (χ0v) is 16.4. The maximum absolute atomic E-state index is 13.1. The zero-order valence-electron chi connectivity index (χ0n) is 15.5. The first-order chi connectivity index (χ1) is 12.9. The number of para-hydroxylation sites is 1. The van der Waals surface area contributed by atoms with Crippen LogP contribution in [-0.4, -0.2) is 60.5 Å². The van der Waals surface area contributed by atoms with Crippen molar-refractivity contribution in [2.75, 3.05) is 32.4 Å². The van der Waals surface area contributed by atoms with Crippen molar-refractivity contribution >= 4 is 15.9 Å². The lowest BCUT2D eigenvalue weighted by Gasteiger charge is -2.39. The fourth-order valence-electron chi connectivity index (χ4n) is 4.31. The second kappa shape index (κ2) is 6.80. The Labute approximate surface area is 160 Å². The van der Waals surface area contributed by atoms with E-state index in [0.29, 0.717) is 31.7 Å². The number of hydrogen-bond acceptors (Lipinski definition) is 3. The van der Waals surface area contributed by atoms with E-state index in [1.54, 1.807) is 4.31 Å². The molecule has 2 saturated heterocycles. The van der Waals surface area contributed by atoms with Crippen LogP contribution < -0.4 is 0 Å². The van der Waals surface area contributed by atoms with Gasteiger partial charge in [-0.2, -0.15) is 0 Å². The third-order valence-corrected chi connectivity index (χ3v) is 7.25. The predicted octanol–water partition coefficient (Wildman–Crippen LogP) is 2.37. The van der Waals surface area contributed by atoms with Crippen LogP contribution in [0.5, 0.6) is 0 Å². The van der Waals surface area contributed by atoms with Crippen LogP contribution in [0.2, 0.25) is 0 Å². The van der Waals surface area contributed by atoms with Gasteiger partial charge in [-0.05, 0) is 48.9 Å². The number of piperidine rings is 1. The molecule has 7 heteroatoms. The lowest BCUT2D eigenvalue weighted by atomic mass is 9.78. The third-order valence-electron chi connectivity index (χ3n) is 6.00. The molecule has 1 spiro atoms. The van der Waals surface area contributed by atoms with Crippen molar-refractivity contribution in [3.63, 3.8) is 0 Å². The first-order valence-electron chi connectivity index (χ1n) is 9.35. The molecule has 0 saturated carbocycles. The maximum atomic E-state index is 13.1. The van der Waals surface area contributed by atoms with Gasteiger partial charge in [0.05, 0.1) is 17.5 Å². The Morgan fingerprint density at radius 2 is 1.59 bits per heavy atom. The molecule has 0 unspecified atom stereocenters. The molecule has 144 valence electrons. The zero-order chi connectivity index (χ0) is 19.1. The third kappa shape index (κ3) is 3.53. The monoisotopic (exact) mass is 387 g/mol. The molecular weight excluding hydrogens is 362 g/mol. The van der Waals surface area contributed by atoms with E-state index in [-0.39, 0.29) is 11.3 Å². The predicted molar refractivity (Wildman–Crippen MR) is 104 cm³/mol. The summed E-state index contributed by atoms with van der Waals surface area (Å²) in [6, 6.07) is 11.6. The van der Waals surface area contributed by atoms with Gasteiger partial charge < -0.3 is 9.47 Å². The SMILES string of the molecule is CS(=O)(=O)N1CCC2(CCN(C(=O)c3ccccc3-n3cccc3)CC2)C1. The summed E-state index contributed by atoms with van der Waals surface area (Å²) in [5.74, 6) is 0.0483. The van der Waals surface area contributed by atoms with E-state index in [2.05, 4.69) is 0 Å². The number of carbonyl (C=O) groups is 1. The van der Waals surface area contributed by atoms with Crippen molar-refractivity contribution in [1.29, 1.82) is 0 Å². The van der Waals surface area contributed by atoms with Gasteiger partial charge in [0.1, 0.15) is 0 Å². The van der Waals surface area contributed by atoms with Crippen molar-refractivity contribution in [2.24, 2.45) is 5.41 Å². The summed E-state index contributed by atoms with van der Waals surface area (Å²) in [6.07, 6.45) is 7.77. The molecule has 2 aliphatic heterocycles. The highest BCUT2D eigenvalue weighted by atomic mass is 32.2. The van der Waals surface area contributed by atoms with E-state index in [0.717, 1.165) is 24.9 Å². The normalized spacial score (nSPS) is 20.3.